The molecule has 0 bridgehead atoms. The van der Waals surface area contributed by atoms with Crippen molar-refractivity contribution in [3.05, 3.63) is 65.2 Å². The van der Waals surface area contributed by atoms with Crippen molar-refractivity contribution < 1.29 is 9.57 Å². The molecule has 0 unspecified atom stereocenters. The highest BCUT2D eigenvalue weighted by Gasteiger charge is 2.00. The van der Waals surface area contributed by atoms with Gasteiger partial charge in [-0.3, -0.25) is 0 Å². The lowest BCUT2D eigenvalue weighted by molar-refractivity contribution is 0.132. The Hall–Kier alpha value is -3.24. The summed E-state index contributed by atoms with van der Waals surface area (Å²) in [4.78, 5) is 5.22. The predicted molar refractivity (Wildman–Crippen MR) is 84.3 cm³/mol. The molecule has 0 N–H and O–H groups in total. The molecule has 0 aliphatic heterocycles. The Morgan fingerprint density at radius 1 is 1.14 bits per heavy atom. The van der Waals surface area contributed by atoms with Gasteiger partial charge in [-0.05, 0) is 35.9 Å². The first-order valence-corrected chi connectivity index (χ1v) is 6.63. The van der Waals surface area contributed by atoms with Crippen molar-refractivity contribution >= 4 is 6.21 Å². The zero-order valence-corrected chi connectivity index (χ0v) is 11.9. The lowest BCUT2D eigenvalue weighted by Crippen LogP contribution is -1.94. The van der Waals surface area contributed by atoms with Crippen molar-refractivity contribution in [3.63, 3.8) is 0 Å². The van der Waals surface area contributed by atoms with Gasteiger partial charge >= 0.3 is 0 Å². The number of nitrogens with zero attached hydrogens (tertiary/aromatic N) is 2. The number of oxime groups is 1. The third kappa shape index (κ3) is 4.40. The standard InChI is InChI=1S/C18H14N2O2/c1-2-11-21-18-9-7-15(8-10-18)13-20-22-14-17-6-4-3-5-16(17)12-19/h1,3-10,13H,11,14H2/b20-13-. The van der Waals surface area contributed by atoms with E-state index in [1.165, 1.54) is 0 Å². The first-order chi connectivity index (χ1) is 10.8. The van der Waals surface area contributed by atoms with Gasteiger partial charge in [0.2, 0.25) is 0 Å². The van der Waals surface area contributed by atoms with Crippen molar-refractivity contribution in [2.24, 2.45) is 5.16 Å². The van der Waals surface area contributed by atoms with Crippen LogP contribution in [0.4, 0.5) is 0 Å². The largest absolute Gasteiger partial charge is 0.481 e. The van der Waals surface area contributed by atoms with Gasteiger partial charge in [0.1, 0.15) is 19.0 Å². The van der Waals surface area contributed by atoms with Gasteiger partial charge in [-0.25, -0.2) is 0 Å². The van der Waals surface area contributed by atoms with E-state index in [0.717, 1.165) is 11.1 Å². The summed E-state index contributed by atoms with van der Waals surface area (Å²) in [5.74, 6) is 3.11. The molecular formula is C18H14N2O2. The molecule has 0 radical (unpaired) electrons. The van der Waals surface area contributed by atoms with Crippen LogP contribution in [0.3, 0.4) is 0 Å². The summed E-state index contributed by atoms with van der Waals surface area (Å²) in [6.07, 6.45) is 6.72. The van der Waals surface area contributed by atoms with Crippen LogP contribution in [-0.4, -0.2) is 12.8 Å². The van der Waals surface area contributed by atoms with Gasteiger partial charge in [0, 0.05) is 5.56 Å². The molecular weight excluding hydrogens is 276 g/mol. The van der Waals surface area contributed by atoms with Gasteiger partial charge in [-0.15, -0.1) is 6.42 Å². The third-order valence-electron chi connectivity index (χ3n) is 2.84. The zero-order valence-electron chi connectivity index (χ0n) is 11.9. The molecule has 0 amide bonds. The van der Waals surface area contributed by atoms with Crippen LogP contribution in [0.25, 0.3) is 0 Å². The van der Waals surface area contributed by atoms with Gasteiger partial charge in [0.25, 0.3) is 0 Å². The second-order valence-electron chi connectivity index (χ2n) is 4.34. The van der Waals surface area contributed by atoms with Crippen LogP contribution in [0, 0.1) is 23.7 Å². The van der Waals surface area contributed by atoms with Crippen LogP contribution in [0.5, 0.6) is 5.75 Å². The molecule has 0 aliphatic rings. The Labute approximate surface area is 129 Å². The third-order valence-corrected chi connectivity index (χ3v) is 2.84. The topological polar surface area (TPSA) is 54.6 Å². The molecule has 4 heteroatoms. The average molecular weight is 290 g/mol. The predicted octanol–water partition coefficient (Wildman–Crippen LogP) is 3.12. The molecule has 0 atom stereocenters. The van der Waals surface area contributed by atoms with E-state index in [9.17, 15) is 0 Å². The van der Waals surface area contributed by atoms with E-state index in [1.807, 2.05) is 42.5 Å². The van der Waals surface area contributed by atoms with E-state index in [-0.39, 0.29) is 13.2 Å². The summed E-state index contributed by atoms with van der Waals surface area (Å²) in [6, 6.07) is 16.7. The van der Waals surface area contributed by atoms with E-state index < -0.39 is 0 Å². The minimum Gasteiger partial charge on any atom is -0.481 e. The number of nitriles is 1. The highest BCUT2D eigenvalue weighted by atomic mass is 16.6. The molecule has 22 heavy (non-hydrogen) atoms. The molecule has 0 saturated heterocycles. The van der Waals surface area contributed by atoms with Crippen LogP contribution in [0.2, 0.25) is 0 Å². The minimum absolute atomic E-state index is 0.245. The fourth-order valence-corrected chi connectivity index (χ4v) is 1.74. The fourth-order valence-electron chi connectivity index (χ4n) is 1.74. The molecule has 0 aliphatic carbocycles. The van der Waals surface area contributed by atoms with Crippen molar-refractivity contribution in [2.45, 2.75) is 6.61 Å². The Balaban J connectivity index is 1.88. The summed E-state index contributed by atoms with van der Waals surface area (Å²) in [7, 11) is 0. The monoisotopic (exact) mass is 290 g/mol. The smallest absolute Gasteiger partial charge is 0.148 e. The van der Waals surface area contributed by atoms with Crippen LogP contribution in [0.15, 0.2) is 53.7 Å². The maximum Gasteiger partial charge on any atom is 0.148 e. The maximum atomic E-state index is 8.97. The summed E-state index contributed by atoms with van der Waals surface area (Å²) < 4.78 is 5.28. The van der Waals surface area contributed by atoms with Gasteiger partial charge in [0.15, 0.2) is 0 Å². The van der Waals surface area contributed by atoms with E-state index in [0.29, 0.717) is 11.3 Å². The molecule has 0 spiro atoms. The Morgan fingerprint density at radius 3 is 2.64 bits per heavy atom. The van der Waals surface area contributed by atoms with Crippen molar-refractivity contribution in [2.75, 3.05) is 6.61 Å². The van der Waals surface area contributed by atoms with Gasteiger partial charge < -0.3 is 9.57 Å². The zero-order chi connectivity index (χ0) is 15.6. The average Bonchev–Trinajstić information content (AvgIpc) is 2.58. The number of terminal acetylenes is 1. The fraction of sp³-hybridized carbons (Fsp3) is 0.111. The SMILES string of the molecule is C#CCOc1ccc(/C=N\OCc2ccccc2C#N)cc1. The molecule has 0 heterocycles. The lowest BCUT2D eigenvalue weighted by atomic mass is 10.1. The Kier molecular flexibility index (Phi) is 5.61. The van der Waals surface area contributed by atoms with Crippen molar-refractivity contribution in [1.82, 2.24) is 0 Å². The first-order valence-electron chi connectivity index (χ1n) is 6.63. The quantitative estimate of drug-likeness (QED) is 0.466. The molecule has 0 fully saturated rings. The summed E-state index contributed by atoms with van der Waals surface area (Å²) in [5, 5.41) is 12.9. The summed E-state index contributed by atoms with van der Waals surface area (Å²) in [6.45, 7) is 0.498. The van der Waals surface area contributed by atoms with Crippen LogP contribution < -0.4 is 4.74 Å². The van der Waals surface area contributed by atoms with Gasteiger partial charge in [-0.1, -0.05) is 29.3 Å². The van der Waals surface area contributed by atoms with Crippen LogP contribution >= 0.6 is 0 Å². The number of rotatable bonds is 6. The second-order valence-corrected chi connectivity index (χ2v) is 4.34. The van der Waals surface area contributed by atoms with Crippen molar-refractivity contribution in [3.8, 4) is 24.2 Å². The number of hydrogen-bond acceptors (Lipinski definition) is 4. The minimum atomic E-state index is 0.245. The van der Waals surface area contributed by atoms with Gasteiger partial charge in [-0.2, -0.15) is 5.26 Å². The molecule has 2 rings (SSSR count). The van der Waals surface area contributed by atoms with Crippen molar-refractivity contribution in [1.29, 1.82) is 5.26 Å². The van der Waals surface area contributed by atoms with E-state index >= 15 is 0 Å². The Morgan fingerprint density at radius 2 is 1.91 bits per heavy atom. The highest BCUT2D eigenvalue weighted by Crippen LogP contribution is 2.11. The summed E-state index contributed by atoms with van der Waals surface area (Å²) in [5.41, 5.74) is 2.27. The number of benzene rings is 2. The molecule has 0 saturated carbocycles. The highest BCUT2D eigenvalue weighted by molar-refractivity contribution is 5.79. The molecule has 0 aromatic heterocycles. The normalized spacial score (nSPS) is 9.91. The number of hydrogen-bond donors (Lipinski definition) is 0. The van der Waals surface area contributed by atoms with E-state index in [4.69, 9.17) is 21.3 Å². The first kappa shape index (κ1) is 15.2. The van der Waals surface area contributed by atoms with Crippen LogP contribution in [0.1, 0.15) is 16.7 Å². The second kappa shape index (κ2) is 8.14. The number of ether oxygens (including phenoxy) is 1. The van der Waals surface area contributed by atoms with E-state index in [1.54, 1.807) is 12.3 Å². The summed E-state index contributed by atoms with van der Waals surface area (Å²) >= 11 is 0. The molecule has 2 aromatic rings. The molecule has 4 nitrogen and oxygen atoms in total. The van der Waals surface area contributed by atoms with E-state index in [2.05, 4.69) is 17.1 Å². The Bertz CT molecular complexity index is 722. The maximum absolute atomic E-state index is 8.97. The lowest BCUT2D eigenvalue weighted by Gasteiger charge is -2.03. The van der Waals surface area contributed by atoms with Gasteiger partial charge in [0.05, 0.1) is 17.8 Å². The van der Waals surface area contributed by atoms with Crippen LogP contribution in [-0.2, 0) is 11.4 Å². The molecule has 108 valence electrons. The molecule has 2 aromatic carbocycles.